The number of rotatable bonds is 4. The fraction of sp³-hybridized carbons (Fsp3) is 0.600. The van der Waals surface area contributed by atoms with Crippen molar-refractivity contribution >= 4 is 12.4 Å². The Morgan fingerprint density at radius 2 is 1.86 bits per heavy atom. The van der Waals surface area contributed by atoms with Gasteiger partial charge in [-0.1, -0.05) is 18.2 Å². The Morgan fingerprint density at radius 3 is 2.38 bits per heavy atom. The highest BCUT2D eigenvalue weighted by Crippen LogP contribution is 2.37. The van der Waals surface area contributed by atoms with Crippen LogP contribution in [0.1, 0.15) is 22.7 Å². The van der Waals surface area contributed by atoms with Crippen LogP contribution in [0.3, 0.4) is 0 Å². The molecule has 0 spiro atoms. The lowest BCUT2D eigenvalue weighted by Gasteiger charge is -2.39. The first-order valence-electron chi connectivity index (χ1n) is 6.96. The summed E-state index contributed by atoms with van der Waals surface area (Å²) in [6.45, 7) is 5.27. The molecule has 0 saturated carbocycles. The third-order valence-corrected chi connectivity index (χ3v) is 3.97. The van der Waals surface area contributed by atoms with Gasteiger partial charge in [-0.05, 0) is 30.5 Å². The SMILES string of the molecule is Cc1ccc([C@H](N2CCNCC2)C(F)(F)CO)cc1C.Cl. The summed E-state index contributed by atoms with van der Waals surface area (Å²) in [7, 11) is 0. The second-order valence-corrected chi connectivity index (χ2v) is 5.45. The highest BCUT2D eigenvalue weighted by atomic mass is 35.5. The minimum Gasteiger partial charge on any atom is -0.390 e. The Bertz CT molecular complexity index is 465. The summed E-state index contributed by atoms with van der Waals surface area (Å²) in [4.78, 5) is 1.76. The molecule has 2 rings (SSSR count). The Kier molecular flexibility index (Phi) is 6.53. The largest absolute Gasteiger partial charge is 0.390 e. The van der Waals surface area contributed by atoms with Crippen LogP contribution in [0.25, 0.3) is 0 Å². The van der Waals surface area contributed by atoms with Crippen molar-refractivity contribution in [3.8, 4) is 0 Å². The zero-order valence-electron chi connectivity index (χ0n) is 12.4. The van der Waals surface area contributed by atoms with E-state index in [-0.39, 0.29) is 12.4 Å². The highest BCUT2D eigenvalue weighted by Gasteiger charge is 2.44. The van der Waals surface area contributed by atoms with Crippen LogP contribution in [0.4, 0.5) is 8.78 Å². The fourth-order valence-electron chi connectivity index (χ4n) is 2.68. The molecule has 1 heterocycles. The van der Waals surface area contributed by atoms with Gasteiger partial charge in [0.25, 0.3) is 5.92 Å². The molecule has 1 fully saturated rings. The third-order valence-electron chi connectivity index (χ3n) is 3.97. The number of aryl methyl sites for hydroxylation is 2. The van der Waals surface area contributed by atoms with Gasteiger partial charge in [-0.15, -0.1) is 12.4 Å². The molecule has 0 aliphatic carbocycles. The van der Waals surface area contributed by atoms with Crippen molar-refractivity contribution in [2.24, 2.45) is 0 Å². The van der Waals surface area contributed by atoms with E-state index in [4.69, 9.17) is 5.11 Å². The van der Waals surface area contributed by atoms with Gasteiger partial charge >= 0.3 is 0 Å². The number of benzene rings is 1. The number of halogens is 3. The number of hydrogen-bond donors (Lipinski definition) is 2. The minimum atomic E-state index is -3.14. The molecule has 2 N–H and O–H groups in total. The lowest BCUT2D eigenvalue weighted by Crippen LogP contribution is -2.51. The summed E-state index contributed by atoms with van der Waals surface area (Å²) < 4.78 is 28.4. The van der Waals surface area contributed by atoms with Crippen molar-refractivity contribution < 1.29 is 13.9 Å². The molecule has 120 valence electrons. The van der Waals surface area contributed by atoms with Crippen LogP contribution < -0.4 is 5.32 Å². The molecule has 0 bridgehead atoms. The van der Waals surface area contributed by atoms with Crippen LogP contribution in [0, 0.1) is 13.8 Å². The number of alkyl halides is 2. The second kappa shape index (κ2) is 7.49. The Balaban J connectivity index is 0.00000220. The van der Waals surface area contributed by atoms with Crippen molar-refractivity contribution in [2.75, 3.05) is 32.8 Å². The molecule has 1 aliphatic heterocycles. The molecule has 1 aromatic carbocycles. The first-order chi connectivity index (χ1) is 9.45. The molecule has 0 unspecified atom stereocenters. The van der Waals surface area contributed by atoms with E-state index in [1.807, 2.05) is 26.0 Å². The van der Waals surface area contributed by atoms with Crippen molar-refractivity contribution in [3.05, 3.63) is 34.9 Å². The molecule has 6 heteroatoms. The summed E-state index contributed by atoms with van der Waals surface area (Å²) in [5.74, 6) is -3.14. The summed E-state index contributed by atoms with van der Waals surface area (Å²) in [6.07, 6.45) is 0. The number of piperazine rings is 1. The van der Waals surface area contributed by atoms with E-state index < -0.39 is 18.6 Å². The van der Waals surface area contributed by atoms with Gasteiger partial charge in [-0.2, -0.15) is 0 Å². The molecule has 0 radical (unpaired) electrons. The van der Waals surface area contributed by atoms with Crippen molar-refractivity contribution in [1.29, 1.82) is 0 Å². The van der Waals surface area contributed by atoms with Gasteiger partial charge in [0, 0.05) is 26.2 Å². The lowest BCUT2D eigenvalue weighted by molar-refractivity contribution is -0.118. The molecule has 1 saturated heterocycles. The zero-order chi connectivity index (χ0) is 14.8. The second-order valence-electron chi connectivity index (χ2n) is 5.45. The standard InChI is InChI=1S/C15H22F2N2O.ClH/c1-11-3-4-13(9-12(11)2)14(15(16,17)10-20)19-7-5-18-6-8-19;/h3-4,9,14,18,20H,5-8,10H2,1-2H3;1H/t14-;/m0./s1. The number of nitrogens with zero attached hydrogens (tertiary/aromatic N) is 1. The van der Waals surface area contributed by atoms with E-state index in [0.717, 1.165) is 11.1 Å². The highest BCUT2D eigenvalue weighted by molar-refractivity contribution is 5.85. The van der Waals surface area contributed by atoms with Crippen LogP contribution in [-0.4, -0.2) is 48.7 Å². The molecule has 21 heavy (non-hydrogen) atoms. The smallest absolute Gasteiger partial charge is 0.289 e. The average molecular weight is 321 g/mol. The molecule has 1 atom stereocenters. The summed E-state index contributed by atoms with van der Waals surface area (Å²) >= 11 is 0. The van der Waals surface area contributed by atoms with E-state index in [1.54, 1.807) is 11.0 Å². The number of aliphatic hydroxyl groups excluding tert-OH is 1. The summed E-state index contributed by atoms with van der Waals surface area (Å²) in [5.41, 5.74) is 2.66. The number of nitrogens with one attached hydrogen (secondary N) is 1. The topological polar surface area (TPSA) is 35.5 Å². The average Bonchev–Trinajstić information content (AvgIpc) is 2.44. The fourth-order valence-corrected chi connectivity index (χ4v) is 2.68. The predicted molar refractivity (Wildman–Crippen MR) is 82.4 cm³/mol. The number of hydrogen-bond acceptors (Lipinski definition) is 3. The first kappa shape index (κ1) is 18.3. The van der Waals surface area contributed by atoms with Crippen LogP contribution in [0.5, 0.6) is 0 Å². The van der Waals surface area contributed by atoms with Gasteiger partial charge in [-0.25, -0.2) is 8.78 Å². The van der Waals surface area contributed by atoms with Gasteiger partial charge in [-0.3, -0.25) is 4.90 Å². The van der Waals surface area contributed by atoms with Gasteiger partial charge in [0.2, 0.25) is 0 Å². The Hall–Kier alpha value is -0.750. The summed E-state index contributed by atoms with van der Waals surface area (Å²) in [6, 6.07) is 4.37. The summed E-state index contributed by atoms with van der Waals surface area (Å²) in [5, 5.41) is 12.2. The van der Waals surface area contributed by atoms with Gasteiger partial charge in [0.05, 0.1) is 0 Å². The molecular weight excluding hydrogens is 298 g/mol. The molecule has 0 amide bonds. The van der Waals surface area contributed by atoms with Crippen molar-refractivity contribution in [3.63, 3.8) is 0 Å². The minimum absolute atomic E-state index is 0. The van der Waals surface area contributed by atoms with Crippen molar-refractivity contribution in [1.82, 2.24) is 10.2 Å². The predicted octanol–water partition coefficient (Wildman–Crippen LogP) is 2.30. The lowest BCUT2D eigenvalue weighted by atomic mass is 9.95. The van der Waals surface area contributed by atoms with Gasteiger partial charge in [0.15, 0.2) is 0 Å². The Labute approximate surface area is 130 Å². The van der Waals surface area contributed by atoms with Crippen LogP contribution >= 0.6 is 12.4 Å². The van der Waals surface area contributed by atoms with E-state index in [9.17, 15) is 8.78 Å². The van der Waals surface area contributed by atoms with Gasteiger partial charge in [0.1, 0.15) is 12.6 Å². The van der Waals surface area contributed by atoms with Crippen LogP contribution in [0.2, 0.25) is 0 Å². The molecular formula is C15H23ClF2N2O. The molecule has 1 aliphatic rings. The van der Waals surface area contributed by atoms with E-state index in [2.05, 4.69) is 5.32 Å². The normalized spacial score (nSPS) is 18.1. The van der Waals surface area contributed by atoms with Gasteiger partial charge < -0.3 is 10.4 Å². The van der Waals surface area contributed by atoms with Crippen molar-refractivity contribution in [2.45, 2.75) is 25.8 Å². The monoisotopic (exact) mass is 320 g/mol. The maximum Gasteiger partial charge on any atom is 0.289 e. The Morgan fingerprint density at radius 1 is 1.24 bits per heavy atom. The number of aliphatic hydroxyl groups is 1. The molecule has 1 aromatic rings. The maximum absolute atomic E-state index is 14.2. The van der Waals surface area contributed by atoms with E-state index >= 15 is 0 Å². The quantitative estimate of drug-likeness (QED) is 0.893. The maximum atomic E-state index is 14.2. The molecule has 0 aromatic heterocycles. The van der Waals surface area contributed by atoms with E-state index in [1.165, 1.54) is 0 Å². The first-order valence-corrected chi connectivity index (χ1v) is 6.96. The molecule has 3 nitrogen and oxygen atoms in total. The van der Waals surface area contributed by atoms with Crippen LogP contribution in [-0.2, 0) is 0 Å². The van der Waals surface area contributed by atoms with Crippen LogP contribution in [0.15, 0.2) is 18.2 Å². The zero-order valence-corrected chi connectivity index (χ0v) is 13.2. The van der Waals surface area contributed by atoms with E-state index in [0.29, 0.717) is 31.7 Å². The third kappa shape index (κ3) is 4.13.